The summed E-state index contributed by atoms with van der Waals surface area (Å²) >= 11 is 0. The van der Waals surface area contributed by atoms with Gasteiger partial charge in [-0.2, -0.15) is 18.2 Å². The van der Waals surface area contributed by atoms with Gasteiger partial charge >= 0.3 is 6.18 Å². The summed E-state index contributed by atoms with van der Waals surface area (Å²) in [5, 5.41) is 12.2. The minimum Gasteiger partial charge on any atom is -0.396 e. The number of aliphatic hydroxyl groups is 1. The van der Waals surface area contributed by atoms with Gasteiger partial charge in [0.1, 0.15) is 0 Å². The molecule has 1 saturated heterocycles. The van der Waals surface area contributed by atoms with E-state index < -0.39 is 12.0 Å². The van der Waals surface area contributed by atoms with E-state index in [1.54, 1.807) is 0 Å². The highest BCUT2D eigenvalue weighted by molar-refractivity contribution is 4.96. The molecular formula is C12H16F3N3O3. The SMILES string of the molecule is OC[C@H]1C[C@@H]2OCCN(Cc3nc(C(F)(F)F)no3)[C@H]2C1. The van der Waals surface area contributed by atoms with Crippen LogP contribution in [0.1, 0.15) is 24.6 Å². The quantitative estimate of drug-likeness (QED) is 0.900. The smallest absolute Gasteiger partial charge is 0.396 e. The molecule has 21 heavy (non-hydrogen) atoms. The van der Waals surface area contributed by atoms with E-state index in [1.807, 2.05) is 4.90 Å². The number of rotatable bonds is 3. The standard InChI is InChI=1S/C12H16F3N3O3/c13-12(14,15)11-16-10(21-17-11)5-18-1-2-20-9-4-7(6-19)3-8(9)18/h7-9,19H,1-6H2/t7-,8+,9+/m1/s1. The number of alkyl halides is 3. The number of fused-ring (bicyclic) bond motifs is 1. The van der Waals surface area contributed by atoms with Crippen LogP contribution in [0.5, 0.6) is 0 Å². The molecule has 1 aliphatic carbocycles. The van der Waals surface area contributed by atoms with Gasteiger partial charge in [0.25, 0.3) is 5.82 Å². The predicted molar refractivity (Wildman–Crippen MR) is 63.0 cm³/mol. The summed E-state index contributed by atoms with van der Waals surface area (Å²) in [5.74, 6) is -1.12. The van der Waals surface area contributed by atoms with Crippen molar-refractivity contribution in [2.45, 2.75) is 37.7 Å². The lowest BCUT2D eigenvalue weighted by molar-refractivity contribution is -0.146. The van der Waals surface area contributed by atoms with Crippen molar-refractivity contribution in [2.24, 2.45) is 5.92 Å². The first kappa shape index (κ1) is 14.7. The van der Waals surface area contributed by atoms with Gasteiger partial charge in [-0.3, -0.25) is 4.90 Å². The van der Waals surface area contributed by atoms with Gasteiger partial charge < -0.3 is 14.4 Å². The van der Waals surface area contributed by atoms with Gasteiger partial charge in [0.15, 0.2) is 0 Å². The Morgan fingerprint density at radius 1 is 1.33 bits per heavy atom. The number of halogens is 3. The van der Waals surface area contributed by atoms with E-state index in [-0.39, 0.29) is 37.1 Å². The average Bonchev–Trinajstić information content (AvgIpc) is 3.04. The monoisotopic (exact) mass is 307 g/mol. The number of aromatic nitrogens is 2. The van der Waals surface area contributed by atoms with Crippen LogP contribution in [0.3, 0.4) is 0 Å². The molecule has 2 fully saturated rings. The molecule has 1 saturated carbocycles. The Balaban J connectivity index is 1.68. The van der Waals surface area contributed by atoms with Gasteiger partial charge in [0.05, 0.1) is 19.3 Å². The third-order valence-electron chi connectivity index (χ3n) is 4.07. The molecule has 0 spiro atoms. The van der Waals surface area contributed by atoms with Gasteiger partial charge in [0, 0.05) is 19.2 Å². The molecule has 6 nitrogen and oxygen atoms in total. The second kappa shape index (κ2) is 5.54. The summed E-state index contributed by atoms with van der Waals surface area (Å²) in [4.78, 5) is 5.39. The lowest BCUT2D eigenvalue weighted by atomic mass is 10.1. The predicted octanol–water partition coefficient (Wildman–Crippen LogP) is 1.06. The van der Waals surface area contributed by atoms with Crippen LogP contribution in [0.4, 0.5) is 13.2 Å². The van der Waals surface area contributed by atoms with E-state index in [4.69, 9.17) is 4.74 Å². The Bertz CT molecular complexity index is 494. The molecule has 118 valence electrons. The van der Waals surface area contributed by atoms with E-state index in [2.05, 4.69) is 14.7 Å². The number of aliphatic hydroxyl groups excluding tert-OH is 1. The highest BCUT2D eigenvalue weighted by atomic mass is 19.4. The van der Waals surface area contributed by atoms with Gasteiger partial charge in [-0.25, -0.2) is 0 Å². The van der Waals surface area contributed by atoms with Crippen LogP contribution in [0.2, 0.25) is 0 Å². The maximum atomic E-state index is 12.4. The molecule has 9 heteroatoms. The van der Waals surface area contributed by atoms with Gasteiger partial charge in [-0.1, -0.05) is 5.16 Å². The van der Waals surface area contributed by atoms with Crippen LogP contribution in [-0.4, -0.2) is 52.1 Å². The van der Waals surface area contributed by atoms with Crippen LogP contribution in [0, 0.1) is 5.92 Å². The van der Waals surface area contributed by atoms with Gasteiger partial charge in [0.2, 0.25) is 5.89 Å². The Labute approximate surface area is 118 Å². The molecule has 0 unspecified atom stereocenters. The topological polar surface area (TPSA) is 71.6 Å². The van der Waals surface area contributed by atoms with Gasteiger partial charge in [-0.15, -0.1) is 0 Å². The first-order valence-electron chi connectivity index (χ1n) is 6.83. The van der Waals surface area contributed by atoms with Crippen LogP contribution in [0.25, 0.3) is 0 Å². The summed E-state index contributed by atoms with van der Waals surface area (Å²) in [6.45, 7) is 1.39. The lowest BCUT2D eigenvalue weighted by Gasteiger charge is -2.36. The average molecular weight is 307 g/mol. The fraction of sp³-hybridized carbons (Fsp3) is 0.833. The number of hydrogen-bond acceptors (Lipinski definition) is 6. The van der Waals surface area contributed by atoms with E-state index in [1.165, 1.54) is 0 Å². The zero-order chi connectivity index (χ0) is 15.0. The lowest BCUT2D eigenvalue weighted by Crippen LogP contribution is -2.47. The number of ether oxygens (including phenoxy) is 1. The second-order valence-electron chi connectivity index (χ2n) is 5.48. The summed E-state index contributed by atoms with van der Waals surface area (Å²) in [5.41, 5.74) is 0. The van der Waals surface area contributed by atoms with Crippen molar-refractivity contribution in [1.29, 1.82) is 0 Å². The first-order chi connectivity index (χ1) is 9.97. The van der Waals surface area contributed by atoms with E-state index in [0.717, 1.165) is 12.8 Å². The summed E-state index contributed by atoms with van der Waals surface area (Å²) < 4.78 is 47.7. The summed E-state index contributed by atoms with van der Waals surface area (Å²) in [6, 6.07) is 0.0807. The fourth-order valence-electron chi connectivity index (χ4n) is 3.08. The maximum absolute atomic E-state index is 12.4. The first-order valence-corrected chi connectivity index (χ1v) is 6.83. The van der Waals surface area contributed by atoms with E-state index in [0.29, 0.717) is 13.2 Å². The minimum absolute atomic E-state index is 0.0147. The number of morpholine rings is 1. The van der Waals surface area contributed by atoms with Crippen LogP contribution < -0.4 is 0 Å². The van der Waals surface area contributed by atoms with E-state index in [9.17, 15) is 18.3 Å². The van der Waals surface area contributed by atoms with Crippen LogP contribution >= 0.6 is 0 Å². The molecule has 3 rings (SSSR count). The van der Waals surface area contributed by atoms with Crippen LogP contribution in [0.15, 0.2) is 4.52 Å². The zero-order valence-electron chi connectivity index (χ0n) is 11.2. The van der Waals surface area contributed by atoms with E-state index >= 15 is 0 Å². The van der Waals surface area contributed by atoms with Crippen molar-refractivity contribution in [3.05, 3.63) is 11.7 Å². The van der Waals surface area contributed by atoms with Crippen molar-refractivity contribution in [2.75, 3.05) is 19.8 Å². The molecule has 3 atom stereocenters. The molecule has 0 aromatic carbocycles. The minimum atomic E-state index is -4.59. The zero-order valence-corrected chi connectivity index (χ0v) is 11.2. The third-order valence-corrected chi connectivity index (χ3v) is 4.07. The van der Waals surface area contributed by atoms with Gasteiger partial charge in [-0.05, 0) is 18.8 Å². The number of hydrogen-bond donors (Lipinski definition) is 1. The summed E-state index contributed by atoms with van der Waals surface area (Å²) in [6.07, 6.45) is -3.04. The Morgan fingerprint density at radius 2 is 2.14 bits per heavy atom. The molecule has 0 bridgehead atoms. The molecule has 1 aliphatic heterocycles. The normalized spacial score (nSPS) is 30.6. The Hall–Kier alpha value is -1.19. The third kappa shape index (κ3) is 3.04. The molecule has 0 amide bonds. The molecule has 1 aromatic heterocycles. The molecular weight excluding hydrogens is 291 g/mol. The van der Waals surface area contributed by atoms with Crippen LogP contribution in [-0.2, 0) is 17.5 Å². The molecule has 1 N–H and O–H groups in total. The highest BCUT2D eigenvalue weighted by Gasteiger charge is 2.42. The summed E-state index contributed by atoms with van der Waals surface area (Å²) in [7, 11) is 0. The van der Waals surface area contributed by atoms with Crippen molar-refractivity contribution in [3.8, 4) is 0 Å². The highest BCUT2D eigenvalue weighted by Crippen LogP contribution is 2.34. The Morgan fingerprint density at radius 3 is 2.81 bits per heavy atom. The second-order valence-corrected chi connectivity index (χ2v) is 5.48. The molecule has 2 aliphatic rings. The van der Waals surface area contributed by atoms with Crippen molar-refractivity contribution in [1.82, 2.24) is 15.0 Å². The Kier molecular flexibility index (Phi) is 3.89. The molecule has 2 heterocycles. The molecule has 0 radical (unpaired) electrons. The maximum Gasteiger partial charge on any atom is 0.455 e. The van der Waals surface area contributed by atoms with Crippen molar-refractivity contribution >= 4 is 0 Å². The number of nitrogens with zero attached hydrogens (tertiary/aromatic N) is 3. The fourth-order valence-corrected chi connectivity index (χ4v) is 3.08. The largest absolute Gasteiger partial charge is 0.455 e. The van der Waals surface area contributed by atoms with Crippen molar-refractivity contribution < 1.29 is 27.5 Å². The molecule has 1 aromatic rings. The van der Waals surface area contributed by atoms with Crippen molar-refractivity contribution in [3.63, 3.8) is 0 Å².